The second-order valence-electron chi connectivity index (χ2n) is 9.05. The molecule has 37 heavy (non-hydrogen) atoms. The summed E-state index contributed by atoms with van der Waals surface area (Å²) in [4.78, 5) is 17.1. The fourth-order valence-electron chi connectivity index (χ4n) is 4.07. The molecule has 1 aliphatic carbocycles. The molecule has 2 unspecified atom stereocenters. The van der Waals surface area contributed by atoms with E-state index in [0.717, 1.165) is 5.56 Å². The van der Waals surface area contributed by atoms with Gasteiger partial charge in [0.05, 0.1) is 17.7 Å². The summed E-state index contributed by atoms with van der Waals surface area (Å²) in [5, 5.41) is 3.03. The number of hydrogen-bond acceptors (Lipinski definition) is 4. The van der Waals surface area contributed by atoms with Gasteiger partial charge in [0, 0.05) is 30.3 Å². The van der Waals surface area contributed by atoms with Gasteiger partial charge in [-0.2, -0.15) is 4.39 Å². The summed E-state index contributed by atoms with van der Waals surface area (Å²) in [7, 11) is -2.57. The lowest BCUT2D eigenvalue weighted by molar-refractivity contribution is -0.121. The minimum atomic E-state index is -2.57. The van der Waals surface area contributed by atoms with Crippen LogP contribution in [0.15, 0.2) is 89.7 Å². The van der Waals surface area contributed by atoms with E-state index in [1.165, 1.54) is 30.5 Å². The molecule has 3 aromatic rings. The first-order valence-electron chi connectivity index (χ1n) is 11.7. The number of carbonyl (C=O) groups excluding carboxylic acids is 1. The third-order valence-electron chi connectivity index (χ3n) is 6.04. The number of hydrogen-bond donors (Lipinski definition) is 2. The van der Waals surface area contributed by atoms with Gasteiger partial charge in [0.2, 0.25) is 11.9 Å². The fraction of sp³-hybridized carbons (Fsp3) is 0.214. The number of rotatable bonds is 8. The van der Waals surface area contributed by atoms with Crippen LogP contribution in [0, 0.1) is 11.8 Å². The van der Waals surface area contributed by atoms with Crippen LogP contribution in [0.2, 0.25) is 0 Å². The maximum atomic E-state index is 13.8. The highest BCUT2D eigenvalue weighted by Crippen LogP contribution is 2.47. The van der Waals surface area contributed by atoms with Gasteiger partial charge in [0.15, 0.2) is 0 Å². The fourth-order valence-corrected chi connectivity index (χ4v) is 4.99. The zero-order chi connectivity index (χ0) is 26.6. The van der Waals surface area contributed by atoms with Crippen molar-refractivity contribution in [2.24, 2.45) is 0 Å². The van der Waals surface area contributed by atoms with Gasteiger partial charge in [-0.25, -0.2) is 9.37 Å². The molecular formula is C28H29F2N2O4S+. The number of amides is 1. The Labute approximate surface area is 216 Å². The predicted octanol–water partition coefficient (Wildman–Crippen LogP) is 5.52. The van der Waals surface area contributed by atoms with E-state index in [0.29, 0.717) is 27.5 Å². The van der Waals surface area contributed by atoms with Crippen LogP contribution in [0.1, 0.15) is 31.4 Å². The van der Waals surface area contributed by atoms with Gasteiger partial charge in [-0.3, -0.25) is 9.35 Å². The third-order valence-corrected chi connectivity index (χ3v) is 7.93. The van der Waals surface area contributed by atoms with Crippen molar-refractivity contribution in [3.8, 4) is 5.75 Å². The van der Waals surface area contributed by atoms with Crippen LogP contribution in [-0.2, 0) is 11.2 Å². The second-order valence-corrected chi connectivity index (χ2v) is 11.5. The molecule has 1 aliphatic rings. The van der Waals surface area contributed by atoms with E-state index in [-0.39, 0.29) is 24.5 Å². The Kier molecular flexibility index (Phi) is 7.77. The van der Waals surface area contributed by atoms with E-state index in [1.54, 1.807) is 49.4 Å². The van der Waals surface area contributed by atoms with Crippen molar-refractivity contribution in [3.63, 3.8) is 0 Å². The minimum absolute atomic E-state index is 0.105. The molecule has 9 heteroatoms. The molecule has 194 valence electrons. The number of pyridine rings is 1. The minimum Gasteiger partial charge on any atom is -0.461 e. The zero-order valence-corrected chi connectivity index (χ0v) is 21.3. The summed E-state index contributed by atoms with van der Waals surface area (Å²) in [6.45, 7) is 3.60. The molecule has 1 amide bonds. The number of benzene rings is 2. The number of ether oxygens (including phenoxy) is 1. The van der Waals surface area contributed by atoms with Gasteiger partial charge in [-0.15, -0.1) is 0 Å². The molecule has 6 nitrogen and oxygen atoms in total. The van der Waals surface area contributed by atoms with Gasteiger partial charge in [0.25, 0.3) is 0 Å². The normalized spacial score (nSPS) is 19.7. The first kappa shape index (κ1) is 26.5. The molecule has 0 saturated carbocycles. The molecule has 4 N–H and O–H groups in total. The van der Waals surface area contributed by atoms with Crippen LogP contribution >= 0.6 is 10.6 Å². The molecule has 0 spiro atoms. The molecule has 0 bridgehead atoms. The Bertz CT molecular complexity index is 1360. The summed E-state index contributed by atoms with van der Waals surface area (Å²) < 4.78 is 51.9. The van der Waals surface area contributed by atoms with E-state index in [9.17, 15) is 18.1 Å². The van der Waals surface area contributed by atoms with Crippen molar-refractivity contribution in [1.82, 2.24) is 10.3 Å². The molecule has 1 aromatic heterocycles. The van der Waals surface area contributed by atoms with Gasteiger partial charge in [-0.1, -0.05) is 40.9 Å². The summed E-state index contributed by atoms with van der Waals surface area (Å²) in [5.74, 6) is -0.253. The molecule has 1 heterocycles. The van der Waals surface area contributed by atoms with Crippen LogP contribution < -0.4 is 10.1 Å². The lowest BCUT2D eigenvalue weighted by atomic mass is 9.86. The lowest BCUT2D eigenvalue weighted by Crippen LogP contribution is -2.46. The molecular weight excluding hydrogens is 498 g/mol. The van der Waals surface area contributed by atoms with E-state index >= 15 is 0 Å². The topological polar surface area (TPSA) is 94.3 Å². The van der Waals surface area contributed by atoms with Crippen molar-refractivity contribution >= 4 is 22.1 Å². The zero-order valence-electron chi connectivity index (χ0n) is 20.5. The highest BCUT2D eigenvalue weighted by atomic mass is 32.3. The first-order valence-corrected chi connectivity index (χ1v) is 13.5. The monoisotopic (exact) mass is 527 g/mol. The average Bonchev–Trinajstić information content (AvgIpc) is 2.84. The van der Waals surface area contributed by atoms with E-state index in [4.69, 9.17) is 9.29 Å². The summed E-state index contributed by atoms with van der Waals surface area (Å²) in [6.07, 6.45) is 5.29. The highest BCUT2D eigenvalue weighted by Gasteiger charge is 2.31. The second kappa shape index (κ2) is 10.8. The van der Waals surface area contributed by atoms with Gasteiger partial charge in [-0.05, 0) is 55.3 Å². The lowest BCUT2D eigenvalue weighted by Gasteiger charge is -2.33. The Morgan fingerprint density at radius 2 is 1.95 bits per heavy atom. The average molecular weight is 528 g/mol. The van der Waals surface area contributed by atoms with Crippen molar-refractivity contribution < 1.29 is 27.4 Å². The molecule has 4 rings (SSSR count). The number of carbonyl (C=O) groups is 1. The van der Waals surface area contributed by atoms with Crippen molar-refractivity contribution in [2.75, 3.05) is 5.75 Å². The smallest absolute Gasteiger partial charge is 0.225 e. The van der Waals surface area contributed by atoms with E-state index in [2.05, 4.69) is 10.3 Å². The number of nitrogens with one attached hydrogen (secondary N) is 1. The summed E-state index contributed by atoms with van der Waals surface area (Å²) >= 11 is 0. The van der Waals surface area contributed by atoms with Crippen LogP contribution in [0.5, 0.6) is 5.75 Å². The Hall–Kier alpha value is -3.53. The molecule has 0 fully saturated rings. The van der Waals surface area contributed by atoms with Crippen LogP contribution in [0.4, 0.5) is 8.78 Å². The number of allylic oxidation sites excluding steroid dienone is 2. The van der Waals surface area contributed by atoms with Gasteiger partial charge >= 0.3 is 0 Å². The molecule has 2 atom stereocenters. The van der Waals surface area contributed by atoms with Gasteiger partial charge < -0.3 is 14.6 Å². The van der Waals surface area contributed by atoms with E-state index in [1.807, 2.05) is 13.0 Å². The molecule has 0 aliphatic heterocycles. The molecule has 2 aromatic carbocycles. The molecule has 0 radical (unpaired) electrons. The standard InChI is InChI=1S/C28H28F2N2O4S/c1-3-37(34,35)23-9-7-19(8-10-23)15-27(33)32-28(2)13-11-24(20-12-14-31-26(30)16-20)25(18-28)36-22-6-4-5-21(29)17-22/h4-14,16-17,34-35H,3,15,18H2,1-2H3,(H,32,33)/p+1. The van der Waals surface area contributed by atoms with E-state index < -0.39 is 27.9 Å². The summed E-state index contributed by atoms with van der Waals surface area (Å²) in [6, 6.07) is 15.5. The number of halogens is 2. The maximum absolute atomic E-state index is 13.8. The Balaban J connectivity index is 1.53. The van der Waals surface area contributed by atoms with Crippen LogP contribution in [0.25, 0.3) is 5.57 Å². The first-order chi connectivity index (χ1) is 17.6. The number of aromatic nitrogens is 1. The Morgan fingerprint density at radius 1 is 1.19 bits per heavy atom. The molecule has 0 saturated heterocycles. The highest BCUT2D eigenvalue weighted by molar-refractivity contribution is 8.24. The largest absolute Gasteiger partial charge is 0.461 e. The van der Waals surface area contributed by atoms with Gasteiger partial charge in [0.1, 0.15) is 22.2 Å². The van der Waals surface area contributed by atoms with Crippen molar-refractivity contribution in [2.45, 2.75) is 37.1 Å². The maximum Gasteiger partial charge on any atom is 0.225 e. The predicted molar refractivity (Wildman–Crippen MR) is 141 cm³/mol. The quantitative estimate of drug-likeness (QED) is 0.298. The number of nitrogens with zero attached hydrogens (tertiary/aromatic N) is 1. The SMILES string of the molecule is CCS(O)([OH2+])c1ccc(CC(=O)NC2(C)C=CC(c3ccnc(F)c3)=C(Oc3cccc(F)c3)C2)cc1. The summed E-state index contributed by atoms with van der Waals surface area (Å²) in [5.41, 5.74) is 1.08. The van der Waals surface area contributed by atoms with Crippen molar-refractivity contribution in [1.29, 1.82) is 0 Å². The van der Waals surface area contributed by atoms with Crippen LogP contribution in [0.3, 0.4) is 0 Å². The third kappa shape index (κ3) is 6.62. The van der Waals surface area contributed by atoms with Crippen LogP contribution in [-0.4, -0.2) is 31.3 Å². The van der Waals surface area contributed by atoms with Crippen molar-refractivity contribution in [3.05, 3.63) is 108 Å². The Morgan fingerprint density at radius 3 is 2.62 bits per heavy atom.